The number of ketones is 2. The summed E-state index contributed by atoms with van der Waals surface area (Å²) in [7, 11) is -2.62. The number of phenols is 1. The summed E-state index contributed by atoms with van der Waals surface area (Å²) in [5, 5.41) is 45.4. The number of anilines is 2. The van der Waals surface area contributed by atoms with Gasteiger partial charge in [0.15, 0.2) is 11.6 Å². The zero-order chi connectivity index (χ0) is 95.5. The highest BCUT2D eigenvalue weighted by Gasteiger charge is 2.59. The van der Waals surface area contributed by atoms with Gasteiger partial charge in [0.25, 0.3) is 10.1 Å². The summed E-state index contributed by atoms with van der Waals surface area (Å²) in [6.07, 6.45) is 5.05. The van der Waals surface area contributed by atoms with Crippen LogP contribution in [-0.2, 0) is 125 Å². The number of carbonyl (C=O) groups is 12. The van der Waals surface area contributed by atoms with Crippen molar-refractivity contribution in [2.75, 3.05) is 102 Å². The van der Waals surface area contributed by atoms with E-state index in [-0.39, 0.29) is 176 Å². The number of amides is 11. The van der Waals surface area contributed by atoms with Crippen molar-refractivity contribution in [1.82, 2.24) is 48.0 Å². The van der Waals surface area contributed by atoms with Gasteiger partial charge < -0.3 is 92.5 Å². The van der Waals surface area contributed by atoms with Crippen LogP contribution in [0.3, 0.4) is 0 Å². The van der Waals surface area contributed by atoms with Crippen molar-refractivity contribution in [2.45, 2.75) is 206 Å². The van der Waals surface area contributed by atoms with E-state index in [9.17, 15) is 80.7 Å². The highest BCUT2D eigenvalue weighted by atomic mass is 32.2. The van der Waals surface area contributed by atoms with Crippen molar-refractivity contribution >= 4 is 104 Å². The van der Waals surface area contributed by atoms with Gasteiger partial charge in [0, 0.05) is 87.9 Å². The number of carbonyl (C=O) groups excluding carboxylic acids is 12. The summed E-state index contributed by atoms with van der Waals surface area (Å²) >= 11 is 0. The van der Waals surface area contributed by atoms with Crippen LogP contribution in [0.2, 0.25) is 0 Å². The van der Waals surface area contributed by atoms with E-state index in [1.165, 1.54) is 17.7 Å². The monoisotopic (exact) mass is 1850 g/mol. The first-order valence-electron chi connectivity index (χ1n) is 45.6. The second kappa shape index (κ2) is 47.9. The number of urea groups is 1. The number of hydrazine groups is 1. The average molecular weight is 1850 g/mol. The second-order valence-corrected chi connectivity index (χ2v) is 37.7. The Balaban J connectivity index is 0.639. The van der Waals surface area contributed by atoms with Crippen LogP contribution < -0.4 is 69.8 Å². The van der Waals surface area contributed by atoms with Crippen LogP contribution in [0.25, 0.3) is 11.4 Å². The zero-order valence-corrected chi connectivity index (χ0v) is 77.4. The largest absolute Gasteiger partial charge is 0.508 e. The highest BCUT2D eigenvalue weighted by Crippen LogP contribution is 2.60. The molecule has 1 heterocycles. The third kappa shape index (κ3) is 27.3. The van der Waals surface area contributed by atoms with E-state index in [1.807, 2.05) is 99.8 Å². The van der Waals surface area contributed by atoms with E-state index in [1.54, 1.807) is 36.9 Å². The average Bonchev–Trinajstić information content (AvgIpc) is 0.718. The van der Waals surface area contributed by atoms with Crippen molar-refractivity contribution in [3.63, 3.8) is 0 Å². The SMILES string of the molecule is CN/C1=C(\NN)c2ccccc2N(C(=O)CCC(=O)NCCOCCOCCOCCOCCC(=O)N[C@H](CCC(=O)NCCS(=O)(=O)O)C(=O)N[C@H](C(=O)C[C@@H](CCCNC(N)=O)C(=O)Nc2ccc(COC(=O)N[C@@H](CO)C(=O)Cc3ccc4c(c3)[C@@]3(C)CCC[C@](C)(C(=O)NC(=O)[C@@]5(C)CCC[C@]6(C)c7cc(O)ccc7CC[C@@H]56)[C@@H]3CC4)cc2)C(C)C)Cc2ccccc21. The van der Waals surface area contributed by atoms with Crippen molar-refractivity contribution in [2.24, 2.45) is 46.1 Å². The summed E-state index contributed by atoms with van der Waals surface area (Å²) in [5.74, 6) is -1.33. The van der Waals surface area contributed by atoms with Gasteiger partial charge in [-0.05, 0) is 168 Å². The predicted octanol–water partition coefficient (Wildman–Crippen LogP) is 6.94. The molecule has 718 valence electrons. The van der Waals surface area contributed by atoms with E-state index in [0.29, 0.717) is 41.8 Å². The Morgan fingerprint density at radius 3 is 1.77 bits per heavy atom. The van der Waals surface area contributed by atoms with Crippen molar-refractivity contribution in [3.8, 4) is 5.75 Å². The molecule has 10 rings (SSSR count). The minimum Gasteiger partial charge on any atom is -0.508 e. The Morgan fingerprint density at radius 2 is 1.16 bits per heavy atom. The summed E-state index contributed by atoms with van der Waals surface area (Å²) in [6.45, 7) is 11.9. The third-order valence-corrected chi connectivity index (χ3v) is 27.5. The van der Waals surface area contributed by atoms with Gasteiger partial charge in [0.2, 0.25) is 47.3 Å². The molecule has 5 aromatic rings. The molecule has 0 aromatic heterocycles. The Bertz CT molecular complexity index is 5090. The fourth-order valence-electron chi connectivity index (χ4n) is 19.8. The predicted molar refractivity (Wildman–Crippen MR) is 493 cm³/mol. The lowest BCUT2D eigenvalue weighted by atomic mass is 9.49. The molecule has 2 fully saturated rings. The lowest BCUT2D eigenvalue weighted by Crippen LogP contribution is -2.60. The lowest BCUT2D eigenvalue weighted by Gasteiger charge is -2.56. The van der Waals surface area contributed by atoms with Crippen LogP contribution in [0.1, 0.15) is 194 Å². The Kier molecular flexibility index (Phi) is 37.3. The lowest BCUT2D eigenvalue weighted by molar-refractivity contribution is -0.150. The number of nitrogens with two attached hydrogens (primary N) is 2. The van der Waals surface area contributed by atoms with Crippen molar-refractivity contribution in [1.29, 1.82) is 0 Å². The number of fused-ring (bicyclic) bond motifs is 8. The Hall–Kier alpha value is -11.3. The Morgan fingerprint density at radius 1 is 0.576 bits per heavy atom. The molecular formula is C96H131N13O22S. The first-order valence-corrected chi connectivity index (χ1v) is 47.2. The topological polar surface area (TPSA) is 521 Å². The molecule has 4 aliphatic carbocycles. The minimum absolute atomic E-state index is 0.0334. The molecule has 0 radical (unpaired) electrons. The number of rotatable bonds is 48. The van der Waals surface area contributed by atoms with Gasteiger partial charge >= 0.3 is 12.1 Å². The smallest absolute Gasteiger partial charge is 0.408 e. The summed E-state index contributed by atoms with van der Waals surface area (Å²) in [4.78, 5) is 166. The molecule has 0 bridgehead atoms. The van der Waals surface area contributed by atoms with Crippen LogP contribution in [0, 0.1) is 34.5 Å². The van der Waals surface area contributed by atoms with E-state index < -0.39 is 135 Å². The number of aryl methyl sites for hydroxylation is 2. The van der Waals surface area contributed by atoms with E-state index in [4.69, 9.17) is 35.3 Å². The van der Waals surface area contributed by atoms with Gasteiger partial charge in [-0.2, -0.15) is 8.42 Å². The third-order valence-electron chi connectivity index (χ3n) is 26.8. The van der Waals surface area contributed by atoms with E-state index >= 15 is 0 Å². The number of hydrogen-bond acceptors (Lipinski definition) is 24. The summed E-state index contributed by atoms with van der Waals surface area (Å²) < 4.78 is 59.8. The van der Waals surface area contributed by atoms with Gasteiger partial charge in [0.1, 0.15) is 24.4 Å². The fraction of sp³-hybridized carbons (Fsp3) is 0.542. The van der Waals surface area contributed by atoms with Gasteiger partial charge in [0.05, 0.1) is 106 Å². The molecule has 10 atom stereocenters. The number of ether oxygens (including phenoxy) is 5. The second-order valence-electron chi connectivity index (χ2n) is 36.1. The van der Waals surface area contributed by atoms with Crippen molar-refractivity contribution in [3.05, 3.63) is 159 Å². The van der Waals surface area contributed by atoms with Gasteiger partial charge in [-0.3, -0.25) is 63.7 Å². The number of primary amides is 1. The van der Waals surface area contributed by atoms with Crippen molar-refractivity contribution < 1.29 is 104 Å². The molecule has 35 nitrogen and oxygen atoms in total. The maximum Gasteiger partial charge on any atom is 0.408 e. The normalized spacial score (nSPS) is 21.0. The number of aliphatic hydroxyl groups excluding tert-OH is 1. The number of nitrogens with one attached hydrogen (secondary N) is 10. The number of alkyl carbamates (subject to hydrolysis) is 1. The van der Waals surface area contributed by atoms with Crippen LogP contribution in [0.15, 0.2) is 109 Å². The van der Waals surface area contributed by atoms with Crippen LogP contribution in [0.4, 0.5) is 21.0 Å². The molecule has 5 aliphatic rings. The van der Waals surface area contributed by atoms with Gasteiger partial charge in [-0.1, -0.05) is 133 Å². The fourth-order valence-corrected chi connectivity index (χ4v) is 20.1. The van der Waals surface area contributed by atoms with Gasteiger partial charge in [-0.15, -0.1) is 0 Å². The number of Topliss-reactive ketones (excluding diaryl/α,β-unsaturated/α-hetero) is 2. The Labute approximate surface area is 771 Å². The molecule has 132 heavy (non-hydrogen) atoms. The molecule has 0 unspecified atom stereocenters. The number of benzene rings is 5. The molecule has 11 amide bonds. The number of phenolic OH excluding ortho intramolecular Hbond substituents is 1. The number of para-hydroxylation sites is 1. The molecular weight excluding hydrogens is 1720 g/mol. The standard InChI is InChI=1S/C96H131N13O22S/c1-60(2)84(106-88(119)73(30-33-80(114)101-43-52-132(124,125)126)104-82(116)36-44-127-46-48-129-50-51-130-49-47-128-45-42-100-81(115)34-35-83(117)109-57-66-15-8-9-17-69(66)85(99-7)86(108-98)70-18-10-11-19-75(70)109)77(113)55-65(16-12-41-102-91(97)122)87(118)103-67-27-21-61(22-28-67)59-131-92(123)105-74(58-110)76(112)54-62-20-23-63-25-31-78-93(3,71(63)53-62)37-13-39-95(78,5)89(120)107-90(121)96(6)40-14-38-94(4)72-56-68(111)29-24-64(72)26-32-79(94)96/h8-11,15,17-24,27-29,53,56,60,65,73-74,78-79,84,99,108,110-111H,12-14,16,25-26,30-52,54-55,57-59,98H2,1-7H3,(H,100,115)(H,101,114)(H,103,118)(H,104,116)(H,105,123)(H,106,119)(H3,97,102,122)(H,107,120,121)(H,124,125,126)/b86-85-/t65-,73-,74+,78-,79-,84+,93-,94-,95+,96+/m1/s1. The number of aromatic hydroxyl groups is 1. The molecule has 1 aliphatic heterocycles. The quantitative estimate of drug-likeness (QED) is 0.00616. The first-order chi connectivity index (χ1) is 63.0. The first kappa shape index (κ1) is 103. The number of imide groups is 1. The number of aliphatic hydroxyl groups is 1. The van der Waals surface area contributed by atoms with Gasteiger partial charge in [-0.25, -0.2) is 9.59 Å². The summed E-state index contributed by atoms with van der Waals surface area (Å²) in [5.41, 5.74) is 16.0. The van der Waals surface area contributed by atoms with E-state index in [2.05, 4.69) is 67.1 Å². The van der Waals surface area contributed by atoms with E-state index in [0.717, 1.165) is 84.0 Å². The zero-order valence-electron chi connectivity index (χ0n) is 76.6. The minimum atomic E-state index is -4.43. The van der Waals surface area contributed by atoms with Crippen LogP contribution >= 0.6 is 0 Å². The van der Waals surface area contributed by atoms with Crippen LogP contribution in [0.5, 0.6) is 5.75 Å². The molecule has 0 saturated heterocycles. The molecule has 5 aromatic carbocycles. The molecule has 2 saturated carbocycles. The highest BCUT2D eigenvalue weighted by molar-refractivity contribution is 7.85. The van der Waals surface area contributed by atoms with Crippen LogP contribution in [-0.4, -0.2) is 204 Å². The molecule has 0 spiro atoms. The molecule has 17 N–H and O–H groups in total. The summed E-state index contributed by atoms with van der Waals surface area (Å²) in [6, 6.07) is 27.9. The number of hydrogen-bond donors (Lipinski definition) is 15. The maximum absolute atomic E-state index is 14.9. The maximum atomic E-state index is 14.9. The molecule has 36 heteroatoms. The number of nitrogens with zero attached hydrogens (tertiary/aromatic N) is 1.